The van der Waals surface area contributed by atoms with Gasteiger partial charge in [-0.3, -0.25) is 10.1 Å². The molecule has 0 aliphatic carbocycles. The quantitative estimate of drug-likeness (QED) is 0.837. The number of rotatable bonds is 5. The van der Waals surface area contributed by atoms with Crippen LogP contribution in [0.4, 0.5) is 0 Å². The predicted octanol–water partition coefficient (Wildman–Crippen LogP) is 1.61. The minimum Gasteiger partial charge on any atom is -0.480 e. The van der Waals surface area contributed by atoms with Crippen LogP contribution in [0.15, 0.2) is 30.3 Å². The van der Waals surface area contributed by atoms with Gasteiger partial charge in [-0.2, -0.15) is 5.26 Å². The van der Waals surface area contributed by atoms with E-state index in [4.69, 9.17) is 10.4 Å². The number of nitrogens with zero attached hydrogens (tertiary/aromatic N) is 1. The van der Waals surface area contributed by atoms with Gasteiger partial charge in [0.25, 0.3) is 0 Å². The molecule has 4 nitrogen and oxygen atoms in total. The number of halogens is 1. The summed E-state index contributed by atoms with van der Waals surface area (Å²) in [6, 6.07) is 10.1. The van der Waals surface area contributed by atoms with Crippen molar-refractivity contribution >= 4 is 18.4 Å². The summed E-state index contributed by atoms with van der Waals surface area (Å²) in [6.07, 6.45) is 0.377. The first-order valence-corrected chi connectivity index (χ1v) is 5.06. The fraction of sp³-hybridized carbons (Fsp3) is 0.333. The lowest BCUT2D eigenvalue weighted by molar-refractivity contribution is -0.139. The topological polar surface area (TPSA) is 73.1 Å². The number of nitriles is 1. The molecule has 1 aromatic carbocycles. The summed E-state index contributed by atoms with van der Waals surface area (Å²) >= 11 is 0. The first kappa shape index (κ1) is 15.4. The molecule has 1 aromatic rings. The zero-order valence-corrected chi connectivity index (χ0v) is 10.3. The van der Waals surface area contributed by atoms with Gasteiger partial charge in [0.2, 0.25) is 0 Å². The molecule has 2 atom stereocenters. The lowest BCUT2D eigenvalue weighted by Crippen LogP contribution is -2.42. The van der Waals surface area contributed by atoms with Gasteiger partial charge >= 0.3 is 5.97 Å². The Morgan fingerprint density at radius 2 is 2.06 bits per heavy atom. The van der Waals surface area contributed by atoms with Crippen molar-refractivity contribution in [2.24, 2.45) is 0 Å². The van der Waals surface area contributed by atoms with E-state index in [9.17, 15) is 4.79 Å². The van der Waals surface area contributed by atoms with Crippen LogP contribution < -0.4 is 5.32 Å². The highest BCUT2D eigenvalue weighted by atomic mass is 35.5. The van der Waals surface area contributed by atoms with Crippen LogP contribution in [0.25, 0.3) is 0 Å². The zero-order chi connectivity index (χ0) is 12.0. The van der Waals surface area contributed by atoms with Gasteiger partial charge in [-0.15, -0.1) is 12.4 Å². The van der Waals surface area contributed by atoms with Gasteiger partial charge in [0.15, 0.2) is 0 Å². The highest BCUT2D eigenvalue weighted by Crippen LogP contribution is 2.04. The molecule has 17 heavy (non-hydrogen) atoms. The summed E-state index contributed by atoms with van der Waals surface area (Å²) in [5.74, 6) is -0.939. The fourth-order valence-corrected chi connectivity index (χ4v) is 1.41. The molecule has 92 valence electrons. The van der Waals surface area contributed by atoms with E-state index >= 15 is 0 Å². The Morgan fingerprint density at radius 3 is 2.53 bits per heavy atom. The van der Waals surface area contributed by atoms with Crippen molar-refractivity contribution in [3.63, 3.8) is 0 Å². The first-order valence-electron chi connectivity index (χ1n) is 5.06. The largest absolute Gasteiger partial charge is 0.480 e. The molecule has 0 aliphatic rings. The molecule has 2 N–H and O–H groups in total. The van der Waals surface area contributed by atoms with Crippen molar-refractivity contribution in [2.75, 3.05) is 0 Å². The zero-order valence-electron chi connectivity index (χ0n) is 9.46. The Hall–Kier alpha value is -1.57. The molecule has 0 bridgehead atoms. The maximum atomic E-state index is 11.0. The molecule has 0 spiro atoms. The lowest BCUT2D eigenvalue weighted by Gasteiger charge is -2.15. The van der Waals surface area contributed by atoms with Gasteiger partial charge in [0.05, 0.1) is 12.1 Å². The standard InChI is InChI=1S/C12H14N2O2.ClH/c1-9(8-13)14-11(12(15)16)7-10-5-3-2-4-6-10;/h2-6,9,11,14H,7H2,1H3,(H,15,16);1H. The van der Waals surface area contributed by atoms with Crippen LogP contribution in [0, 0.1) is 11.3 Å². The summed E-state index contributed by atoms with van der Waals surface area (Å²) in [5.41, 5.74) is 0.938. The summed E-state index contributed by atoms with van der Waals surface area (Å²) in [7, 11) is 0. The Labute approximate surface area is 107 Å². The Balaban J connectivity index is 0.00000256. The van der Waals surface area contributed by atoms with E-state index in [-0.39, 0.29) is 12.4 Å². The molecular weight excluding hydrogens is 240 g/mol. The minimum atomic E-state index is -0.939. The molecule has 0 heterocycles. The molecule has 0 aliphatic heterocycles. The monoisotopic (exact) mass is 254 g/mol. The van der Waals surface area contributed by atoms with Gasteiger partial charge in [-0.25, -0.2) is 0 Å². The van der Waals surface area contributed by atoms with Crippen LogP contribution in [0.5, 0.6) is 0 Å². The van der Waals surface area contributed by atoms with Crippen LogP contribution in [-0.2, 0) is 11.2 Å². The lowest BCUT2D eigenvalue weighted by atomic mass is 10.1. The molecule has 0 saturated heterocycles. The van der Waals surface area contributed by atoms with Crippen molar-refractivity contribution in [2.45, 2.75) is 25.4 Å². The second-order valence-electron chi connectivity index (χ2n) is 3.60. The first-order chi connectivity index (χ1) is 7.63. The second-order valence-corrected chi connectivity index (χ2v) is 3.60. The summed E-state index contributed by atoms with van der Waals surface area (Å²) < 4.78 is 0. The van der Waals surface area contributed by atoms with Crippen molar-refractivity contribution in [1.82, 2.24) is 5.32 Å². The highest BCUT2D eigenvalue weighted by molar-refractivity contribution is 5.85. The van der Waals surface area contributed by atoms with Gasteiger partial charge < -0.3 is 5.11 Å². The molecular formula is C12H15ClN2O2. The van der Waals surface area contributed by atoms with Crippen LogP contribution in [0.3, 0.4) is 0 Å². The van der Waals surface area contributed by atoms with E-state index in [0.717, 1.165) is 5.56 Å². The maximum Gasteiger partial charge on any atom is 0.321 e. The van der Waals surface area contributed by atoms with Gasteiger partial charge in [-0.1, -0.05) is 30.3 Å². The minimum absolute atomic E-state index is 0. The summed E-state index contributed by atoms with van der Waals surface area (Å²) in [4.78, 5) is 11.0. The average Bonchev–Trinajstić information content (AvgIpc) is 2.29. The Morgan fingerprint density at radius 1 is 1.47 bits per heavy atom. The Kier molecular flexibility index (Phi) is 6.95. The van der Waals surface area contributed by atoms with Crippen molar-refractivity contribution in [1.29, 1.82) is 5.26 Å². The molecule has 0 saturated carbocycles. The van der Waals surface area contributed by atoms with Crippen molar-refractivity contribution in [3.05, 3.63) is 35.9 Å². The van der Waals surface area contributed by atoms with Gasteiger partial charge in [0.1, 0.15) is 6.04 Å². The number of hydrogen-bond donors (Lipinski definition) is 2. The van der Waals surface area contributed by atoms with Crippen LogP contribution >= 0.6 is 12.4 Å². The highest BCUT2D eigenvalue weighted by Gasteiger charge is 2.19. The summed E-state index contributed by atoms with van der Waals surface area (Å²) in [6.45, 7) is 1.64. The normalized spacial score (nSPS) is 12.9. The van der Waals surface area contributed by atoms with E-state index in [1.807, 2.05) is 36.4 Å². The molecule has 2 unspecified atom stereocenters. The van der Waals surface area contributed by atoms with Crippen molar-refractivity contribution < 1.29 is 9.90 Å². The predicted molar refractivity (Wildman–Crippen MR) is 67.0 cm³/mol. The smallest absolute Gasteiger partial charge is 0.321 e. The second kappa shape index (κ2) is 7.66. The van der Waals surface area contributed by atoms with Gasteiger partial charge in [0, 0.05) is 0 Å². The maximum absolute atomic E-state index is 11.0. The average molecular weight is 255 g/mol. The number of aliphatic carboxylic acids is 1. The third kappa shape index (κ3) is 5.34. The number of carboxylic acids is 1. The molecule has 0 aromatic heterocycles. The molecule has 0 fully saturated rings. The number of hydrogen-bond acceptors (Lipinski definition) is 3. The number of benzene rings is 1. The fourth-order valence-electron chi connectivity index (χ4n) is 1.41. The van der Waals surface area contributed by atoms with Crippen LogP contribution in [0.2, 0.25) is 0 Å². The van der Waals surface area contributed by atoms with E-state index in [0.29, 0.717) is 6.42 Å². The number of nitrogens with one attached hydrogen (secondary N) is 1. The molecule has 0 radical (unpaired) electrons. The van der Waals surface area contributed by atoms with E-state index < -0.39 is 18.1 Å². The molecule has 5 heteroatoms. The SMILES string of the molecule is CC(C#N)NC(Cc1ccccc1)C(=O)O.Cl. The summed E-state index contributed by atoms with van der Waals surface area (Å²) in [5, 5.41) is 20.4. The molecule has 0 amide bonds. The Bertz CT molecular complexity index is 389. The van der Waals surface area contributed by atoms with Crippen molar-refractivity contribution in [3.8, 4) is 6.07 Å². The van der Waals surface area contributed by atoms with Crippen LogP contribution in [0.1, 0.15) is 12.5 Å². The number of carboxylic acid groups (broad SMARTS) is 1. The van der Waals surface area contributed by atoms with E-state index in [1.54, 1.807) is 6.92 Å². The molecule has 1 rings (SSSR count). The van der Waals surface area contributed by atoms with Gasteiger partial charge in [-0.05, 0) is 18.9 Å². The van der Waals surface area contributed by atoms with Crippen LogP contribution in [-0.4, -0.2) is 23.2 Å². The number of carbonyl (C=O) groups is 1. The third-order valence-corrected chi connectivity index (χ3v) is 2.23. The van der Waals surface area contributed by atoms with E-state index in [1.165, 1.54) is 0 Å². The third-order valence-electron chi connectivity index (χ3n) is 2.23. The van der Waals surface area contributed by atoms with E-state index in [2.05, 4.69) is 5.32 Å².